The van der Waals surface area contributed by atoms with E-state index in [9.17, 15) is 8.78 Å². The summed E-state index contributed by atoms with van der Waals surface area (Å²) in [5, 5.41) is 6.92. The Balaban J connectivity index is 2.36. The second kappa shape index (κ2) is 5.97. The molecule has 1 unspecified atom stereocenters. The first-order chi connectivity index (χ1) is 8.72. The summed E-state index contributed by atoms with van der Waals surface area (Å²) in [7, 11) is 0. The van der Waals surface area contributed by atoms with Gasteiger partial charge in [-0.3, -0.25) is 0 Å². The van der Waals surface area contributed by atoms with Gasteiger partial charge in [-0.1, -0.05) is 11.4 Å². The molecular formula is C12H13F2N3S. The molecule has 0 saturated heterocycles. The van der Waals surface area contributed by atoms with Gasteiger partial charge in [-0.05, 0) is 42.7 Å². The lowest BCUT2D eigenvalue weighted by atomic mass is 10.0. The van der Waals surface area contributed by atoms with Crippen molar-refractivity contribution in [1.29, 1.82) is 0 Å². The van der Waals surface area contributed by atoms with Crippen LogP contribution in [0.2, 0.25) is 0 Å². The van der Waals surface area contributed by atoms with Crippen LogP contribution in [0.3, 0.4) is 0 Å². The minimum atomic E-state index is -0.452. The molecule has 0 radical (unpaired) electrons. The highest BCUT2D eigenvalue weighted by Gasteiger charge is 2.19. The van der Waals surface area contributed by atoms with Crippen LogP contribution in [-0.2, 0) is 0 Å². The molecule has 1 N–H and O–H groups in total. The lowest BCUT2D eigenvalue weighted by Crippen LogP contribution is -2.23. The quantitative estimate of drug-likeness (QED) is 0.907. The smallest absolute Gasteiger partial charge is 0.128 e. The third-order valence-electron chi connectivity index (χ3n) is 2.53. The standard InChI is InChI=1S/C12H13F2N3S/c1-2-5-15-12(11-7-16-17-18-11)9-6-8(13)3-4-10(9)14/h3-4,6-7,12,15H,2,5H2,1H3. The SMILES string of the molecule is CCCNC(c1cnns1)c1cc(F)ccc1F. The van der Waals surface area contributed by atoms with Gasteiger partial charge in [0.2, 0.25) is 0 Å². The van der Waals surface area contributed by atoms with Crippen molar-refractivity contribution < 1.29 is 8.78 Å². The molecule has 2 rings (SSSR count). The Morgan fingerprint density at radius 1 is 1.39 bits per heavy atom. The third kappa shape index (κ3) is 2.88. The summed E-state index contributed by atoms with van der Waals surface area (Å²) < 4.78 is 30.8. The number of nitrogens with zero attached hydrogens (tertiary/aromatic N) is 2. The average Bonchev–Trinajstić information content (AvgIpc) is 2.88. The van der Waals surface area contributed by atoms with Crippen LogP contribution in [0.15, 0.2) is 24.4 Å². The van der Waals surface area contributed by atoms with Gasteiger partial charge in [0.05, 0.1) is 17.1 Å². The van der Waals surface area contributed by atoms with Crippen molar-refractivity contribution in [3.05, 3.63) is 46.5 Å². The fourth-order valence-corrected chi connectivity index (χ4v) is 2.29. The molecule has 18 heavy (non-hydrogen) atoms. The highest BCUT2D eigenvalue weighted by molar-refractivity contribution is 7.05. The number of hydrogen-bond donors (Lipinski definition) is 1. The van der Waals surface area contributed by atoms with Crippen molar-refractivity contribution in [2.45, 2.75) is 19.4 Å². The topological polar surface area (TPSA) is 37.8 Å². The Labute approximate surface area is 108 Å². The van der Waals surface area contributed by atoms with Crippen molar-refractivity contribution in [2.75, 3.05) is 6.54 Å². The highest BCUT2D eigenvalue weighted by Crippen LogP contribution is 2.26. The predicted molar refractivity (Wildman–Crippen MR) is 66.4 cm³/mol. The maximum absolute atomic E-state index is 13.8. The molecule has 0 fully saturated rings. The van der Waals surface area contributed by atoms with Crippen LogP contribution in [0.4, 0.5) is 8.78 Å². The molecule has 0 amide bonds. The number of hydrogen-bond acceptors (Lipinski definition) is 4. The Hall–Kier alpha value is -1.40. The molecule has 0 aliphatic heterocycles. The van der Waals surface area contributed by atoms with E-state index in [1.54, 1.807) is 6.20 Å². The summed E-state index contributed by atoms with van der Waals surface area (Å²) in [6.45, 7) is 2.72. The molecule has 3 nitrogen and oxygen atoms in total. The van der Waals surface area contributed by atoms with Crippen molar-refractivity contribution in [3.8, 4) is 0 Å². The average molecular weight is 269 g/mol. The van der Waals surface area contributed by atoms with E-state index in [4.69, 9.17) is 0 Å². The first-order valence-corrected chi connectivity index (χ1v) is 6.45. The van der Waals surface area contributed by atoms with E-state index in [0.29, 0.717) is 6.54 Å². The van der Waals surface area contributed by atoms with Gasteiger partial charge in [0.15, 0.2) is 0 Å². The largest absolute Gasteiger partial charge is 0.305 e. The van der Waals surface area contributed by atoms with Crippen LogP contribution in [0.5, 0.6) is 0 Å². The minimum absolute atomic E-state index is 0.287. The minimum Gasteiger partial charge on any atom is -0.305 e. The normalized spacial score (nSPS) is 12.6. The van der Waals surface area contributed by atoms with Crippen LogP contribution in [0, 0.1) is 11.6 Å². The highest BCUT2D eigenvalue weighted by atomic mass is 32.1. The van der Waals surface area contributed by atoms with Crippen LogP contribution >= 0.6 is 11.5 Å². The van der Waals surface area contributed by atoms with E-state index in [1.807, 2.05) is 6.92 Å². The third-order valence-corrected chi connectivity index (χ3v) is 3.26. The van der Waals surface area contributed by atoms with Gasteiger partial charge in [-0.25, -0.2) is 8.78 Å². The maximum Gasteiger partial charge on any atom is 0.128 e. The Morgan fingerprint density at radius 3 is 2.89 bits per heavy atom. The Kier molecular flexibility index (Phi) is 4.33. The zero-order chi connectivity index (χ0) is 13.0. The molecule has 0 aliphatic carbocycles. The second-order valence-electron chi connectivity index (χ2n) is 3.87. The fourth-order valence-electron chi connectivity index (χ4n) is 1.69. The molecule has 1 aromatic carbocycles. The number of benzene rings is 1. The lowest BCUT2D eigenvalue weighted by molar-refractivity contribution is 0.538. The zero-order valence-corrected chi connectivity index (χ0v) is 10.7. The summed E-state index contributed by atoms with van der Waals surface area (Å²) in [4.78, 5) is 0.771. The van der Waals surface area contributed by atoms with Gasteiger partial charge < -0.3 is 5.32 Å². The van der Waals surface area contributed by atoms with Crippen molar-refractivity contribution in [3.63, 3.8) is 0 Å². The van der Waals surface area contributed by atoms with E-state index in [-0.39, 0.29) is 5.56 Å². The van der Waals surface area contributed by atoms with Gasteiger partial charge in [-0.2, -0.15) is 0 Å². The van der Waals surface area contributed by atoms with E-state index in [1.165, 1.54) is 17.6 Å². The number of rotatable bonds is 5. The molecule has 1 atom stereocenters. The van der Waals surface area contributed by atoms with Crippen molar-refractivity contribution in [2.24, 2.45) is 0 Å². The number of halogens is 2. The zero-order valence-electron chi connectivity index (χ0n) is 9.86. The summed E-state index contributed by atoms with van der Waals surface area (Å²) >= 11 is 1.18. The fraction of sp³-hybridized carbons (Fsp3) is 0.333. The van der Waals surface area contributed by atoms with Gasteiger partial charge in [0.25, 0.3) is 0 Å². The molecule has 0 saturated carbocycles. The van der Waals surface area contributed by atoms with Crippen LogP contribution in [-0.4, -0.2) is 16.1 Å². The summed E-state index contributed by atoms with van der Waals surface area (Å²) in [6, 6.07) is 3.06. The van der Waals surface area contributed by atoms with Gasteiger partial charge in [0.1, 0.15) is 11.6 Å². The molecule has 6 heteroatoms. The van der Waals surface area contributed by atoms with Gasteiger partial charge >= 0.3 is 0 Å². The van der Waals surface area contributed by atoms with E-state index >= 15 is 0 Å². The van der Waals surface area contributed by atoms with Crippen LogP contribution < -0.4 is 5.32 Å². The predicted octanol–water partition coefficient (Wildman–Crippen LogP) is 2.91. The van der Waals surface area contributed by atoms with Crippen LogP contribution in [0.25, 0.3) is 0 Å². The number of aromatic nitrogens is 2. The molecule has 1 aromatic heterocycles. The lowest BCUT2D eigenvalue weighted by Gasteiger charge is -2.17. The summed E-state index contributed by atoms with van der Waals surface area (Å²) in [5.41, 5.74) is 0.287. The molecule has 0 bridgehead atoms. The van der Waals surface area contributed by atoms with Crippen molar-refractivity contribution in [1.82, 2.24) is 14.9 Å². The van der Waals surface area contributed by atoms with E-state index < -0.39 is 17.7 Å². The van der Waals surface area contributed by atoms with E-state index in [2.05, 4.69) is 14.9 Å². The number of nitrogens with one attached hydrogen (secondary N) is 1. The monoisotopic (exact) mass is 269 g/mol. The first-order valence-electron chi connectivity index (χ1n) is 5.68. The van der Waals surface area contributed by atoms with E-state index in [0.717, 1.165) is 23.4 Å². The summed E-state index contributed by atoms with van der Waals surface area (Å²) in [6.07, 6.45) is 2.47. The van der Waals surface area contributed by atoms with Gasteiger partial charge in [0, 0.05) is 5.56 Å². The molecule has 0 spiro atoms. The maximum atomic E-state index is 13.8. The second-order valence-corrected chi connectivity index (χ2v) is 4.69. The first kappa shape index (κ1) is 13.0. The molecule has 96 valence electrons. The molecule has 0 aliphatic rings. The molecule has 2 aromatic rings. The molecule has 1 heterocycles. The summed E-state index contributed by atoms with van der Waals surface area (Å²) in [5.74, 6) is -0.884. The van der Waals surface area contributed by atoms with Crippen molar-refractivity contribution >= 4 is 11.5 Å². The molecular weight excluding hydrogens is 256 g/mol. The Bertz CT molecular complexity index is 502. The van der Waals surface area contributed by atoms with Crippen LogP contribution in [0.1, 0.15) is 29.8 Å². The Morgan fingerprint density at radius 2 is 2.22 bits per heavy atom. The van der Waals surface area contributed by atoms with Gasteiger partial charge in [-0.15, -0.1) is 5.10 Å².